The highest BCUT2D eigenvalue weighted by atomic mass is 79.9. The SMILES string of the molecule is C#CCn1c(=NC(=O)c2ccccc2Br)sc2cc3c(cc21)OCO3. The Bertz CT molecular complexity index is 1110. The predicted octanol–water partition coefficient (Wildman–Crippen LogP) is 3.57. The predicted molar refractivity (Wildman–Crippen MR) is 98.8 cm³/mol. The van der Waals surface area contributed by atoms with Gasteiger partial charge in [-0.2, -0.15) is 4.99 Å². The Hall–Kier alpha value is -2.56. The van der Waals surface area contributed by atoms with E-state index in [1.54, 1.807) is 12.1 Å². The topological polar surface area (TPSA) is 52.8 Å². The third kappa shape index (κ3) is 2.84. The van der Waals surface area contributed by atoms with Gasteiger partial charge in [0.15, 0.2) is 16.3 Å². The molecule has 0 radical (unpaired) electrons. The van der Waals surface area contributed by atoms with Crippen LogP contribution in [0, 0.1) is 12.3 Å². The normalized spacial score (nSPS) is 13.2. The summed E-state index contributed by atoms with van der Waals surface area (Å²) in [6.07, 6.45) is 5.50. The van der Waals surface area contributed by atoms with E-state index < -0.39 is 0 Å². The molecule has 3 aromatic rings. The summed E-state index contributed by atoms with van der Waals surface area (Å²) >= 11 is 4.77. The molecule has 0 unspecified atom stereocenters. The minimum Gasteiger partial charge on any atom is -0.454 e. The number of aromatic nitrogens is 1. The molecule has 1 aliphatic heterocycles. The molecule has 0 aliphatic carbocycles. The Kier molecular flexibility index (Phi) is 4.07. The van der Waals surface area contributed by atoms with Gasteiger partial charge in [0.25, 0.3) is 5.91 Å². The highest BCUT2D eigenvalue weighted by Crippen LogP contribution is 2.36. The van der Waals surface area contributed by atoms with Gasteiger partial charge in [-0.25, -0.2) is 0 Å². The molecule has 1 aromatic heterocycles. The van der Waals surface area contributed by atoms with Gasteiger partial charge in [0.2, 0.25) is 6.79 Å². The largest absolute Gasteiger partial charge is 0.454 e. The van der Waals surface area contributed by atoms with Crippen molar-refractivity contribution in [2.45, 2.75) is 6.54 Å². The number of nitrogens with zero attached hydrogens (tertiary/aromatic N) is 2. The van der Waals surface area contributed by atoms with Crippen LogP contribution in [0.3, 0.4) is 0 Å². The number of terminal acetylenes is 1. The zero-order chi connectivity index (χ0) is 17.4. The Morgan fingerprint density at radius 2 is 2.08 bits per heavy atom. The van der Waals surface area contributed by atoms with Crippen LogP contribution in [0.25, 0.3) is 10.2 Å². The van der Waals surface area contributed by atoms with E-state index in [4.69, 9.17) is 15.9 Å². The van der Waals surface area contributed by atoms with E-state index in [1.165, 1.54) is 11.3 Å². The summed E-state index contributed by atoms with van der Waals surface area (Å²) in [5, 5.41) is 0. The molecule has 124 valence electrons. The standard InChI is InChI=1S/C18H11BrN2O3S/c1-2-7-21-13-8-14-15(24-10-23-14)9-16(13)25-18(21)20-17(22)11-5-3-4-6-12(11)19/h1,3-6,8-9H,7,10H2. The van der Waals surface area contributed by atoms with Crippen LogP contribution >= 0.6 is 27.3 Å². The fourth-order valence-corrected chi connectivity index (χ4v) is 4.06. The van der Waals surface area contributed by atoms with Crippen molar-refractivity contribution < 1.29 is 14.3 Å². The Morgan fingerprint density at radius 1 is 1.32 bits per heavy atom. The smallest absolute Gasteiger partial charge is 0.280 e. The number of rotatable bonds is 2. The third-order valence-corrected chi connectivity index (χ3v) is 5.46. The zero-order valence-electron chi connectivity index (χ0n) is 12.9. The van der Waals surface area contributed by atoms with Crippen molar-refractivity contribution in [3.8, 4) is 23.8 Å². The van der Waals surface area contributed by atoms with Gasteiger partial charge in [0.05, 0.1) is 22.3 Å². The van der Waals surface area contributed by atoms with Crippen molar-refractivity contribution in [2.75, 3.05) is 6.79 Å². The van der Waals surface area contributed by atoms with Crippen molar-refractivity contribution in [1.82, 2.24) is 4.57 Å². The van der Waals surface area contributed by atoms with E-state index in [-0.39, 0.29) is 12.7 Å². The molecule has 0 atom stereocenters. The van der Waals surface area contributed by atoms with Crippen LogP contribution in [0.1, 0.15) is 10.4 Å². The minimum atomic E-state index is -0.329. The van der Waals surface area contributed by atoms with Crippen LogP contribution in [0.5, 0.6) is 11.5 Å². The molecule has 25 heavy (non-hydrogen) atoms. The van der Waals surface area contributed by atoms with Gasteiger partial charge in [0, 0.05) is 16.6 Å². The molecule has 0 fully saturated rings. The molecule has 0 spiro atoms. The molecule has 1 aliphatic rings. The number of carbonyl (C=O) groups is 1. The summed E-state index contributed by atoms with van der Waals surface area (Å²) in [7, 11) is 0. The fourth-order valence-electron chi connectivity index (χ4n) is 2.57. The average Bonchev–Trinajstić information content (AvgIpc) is 3.18. The molecule has 0 saturated heterocycles. The number of ether oxygens (including phenoxy) is 2. The first-order valence-electron chi connectivity index (χ1n) is 7.37. The van der Waals surface area contributed by atoms with Crippen molar-refractivity contribution in [1.29, 1.82) is 0 Å². The Morgan fingerprint density at radius 3 is 2.84 bits per heavy atom. The molecule has 5 nitrogen and oxygen atoms in total. The molecule has 4 rings (SSSR count). The lowest BCUT2D eigenvalue weighted by Crippen LogP contribution is -2.16. The summed E-state index contributed by atoms with van der Waals surface area (Å²) in [5.74, 6) is 3.63. The van der Waals surface area contributed by atoms with Gasteiger partial charge in [-0.1, -0.05) is 29.4 Å². The zero-order valence-corrected chi connectivity index (χ0v) is 15.3. The minimum absolute atomic E-state index is 0.208. The lowest BCUT2D eigenvalue weighted by Gasteiger charge is -2.02. The van der Waals surface area contributed by atoms with E-state index in [9.17, 15) is 4.79 Å². The van der Waals surface area contributed by atoms with Crippen LogP contribution in [-0.2, 0) is 6.54 Å². The molecule has 7 heteroatoms. The summed E-state index contributed by atoms with van der Waals surface area (Å²) in [4.78, 5) is 17.4. The van der Waals surface area contributed by atoms with E-state index in [2.05, 4.69) is 26.8 Å². The van der Waals surface area contributed by atoms with Crippen LogP contribution in [0.4, 0.5) is 0 Å². The monoisotopic (exact) mass is 414 g/mol. The van der Waals surface area contributed by atoms with E-state index in [1.807, 2.05) is 28.8 Å². The van der Waals surface area contributed by atoms with Gasteiger partial charge >= 0.3 is 0 Å². The van der Waals surface area contributed by atoms with Gasteiger partial charge in [-0.3, -0.25) is 4.79 Å². The van der Waals surface area contributed by atoms with E-state index >= 15 is 0 Å². The number of hydrogen-bond donors (Lipinski definition) is 0. The lowest BCUT2D eigenvalue weighted by atomic mass is 10.2. The maximum absolute atomic E-state index is 12.6. The van der Waals surface area contributed by atoms with Gasteiger partial charge in [0.1, 0.15) is 0 Å². The van der Waals surface area contributed by atoms with E-state index in [0.29, 0.717) is 32.9 Å². The number of amides is 1. The second-order valence-electron chi connectivity index (χ2n) is 5.24. The first-order valence-corrected chi connectivity index (χ1v) is 8.98. The summed E-state index contributed by atoms with van der Waals surface area (Å²) < 4.78 is 14.3. The van der Waals surface area contributed by atoms with Crippen LogP contribution < -0.4 is 14.3 Å². The highest BCUT2D eigenvalue weighted by molar-refractivity contribution is 9.10. The van der Waals surface area contributed by atoms with Gasteiger partial charge in [-0.05, 0) is 28.1 Å². The number of benzene rings is 2. The number of fused-ring (bicyclic) bond motifs is 2. The number of halogens is 1. The summed E-state index contributed by atoms with van der Waals surface area (Å²) in [6.45, 7) is 0.515. The Balaban J connectivity index is 1.89. The summed E-state index contributed by atoms with van der Waals surface area (Å²) in [5.41, 5.74) is 1.37. The molecule has 2 heterocycles. The number of hydrogen-bond acceptors (Lipinski definition) is 4. The van der Waals surface area contributed by atoms with Crippen molar-refractivity contribution >= 4 is 43.4 Å². The number of carbonyl (C=O) groups excluding carboxylic acids is 1. The first kappa shape index (κ1) is 15.9. The number of thiazole rings is 1. The van der Waals surface area contributed by atoms with Crippen LogP contribution in [-0.4, -0.2) is 17.3 Å². The van der Waals surface area contributed by atoms with Crippen LogP contribution in [0.2, 0.25) is 0 Å². The van der Waals surface area contributed by atoms with Crippen molar-refractivity contribution in [2.24, 2.45) is 4.99 Å². The fraction of sp³-hybridized carbons (Fsp3) is 0.111. The second-order valence-corrected chi connectivity index (χ2v) is 7.11. The van der Waals surface area contributed by atoms with Gasteiger partial charge in [-0.15, -0.1) is 6.42 Å². The molecule has 0 N–H and O–H groups in total. The third-order valence-electron chi connectivity index (χ3n) is 3.73. The molecular weight excluding hydrogens is 404 g/mol. The molecule has 1 amide bonds. The Labute approximate surface area is 155 Å². The lowest BCUT2D eigenvalue weighted by molar-refractivity contribution is 0.0997. The molecule has 2 aromatic carbocycles. The molecule has 0 bridgehead atoms. The maximum atomic E-state index is 12.6. The quantitative estimate of drug-likeness (QED) is 0.602. The average molecular weight is 415 g/mol. The first-order chi connectivity index (χ1) is 12.2. The van der Waals surface area contributed by atoms with Crippen molar-refractivity contribution in [3.05, 3.63) is 51.2 Å². The van der Waals surface area contributed by atoms with E-state index in [0.717, 1.165) is 10.2 Å². The second kappa shape index (κ2) is 6.39. The van der Waals surface area contributed by atoms with Crippen LogP contribution in [0.15, 0.2) is 45.9 Å². The molecule has 0 saturated carbocycles. The molecular formula is C18H11BrN2O3S. The van der Waals surface area contributed by atoms with Crippen molar-refractivity contribution in [3.63, 3.8) is 0 Å². The maximum Gasteiger partial charge on any atom is 0.280 e. The highest BCUT2D eigenvalue weighted by Gasteiger charge is 2.18. The summed E-state index contributed by atoms with van der Waals surface area (Å²) in [6, 6.07) is 10.9. The van der Waals surface area contributed by atoms with Gasteiger partial charge < -0.3 is 14.0 Å².